The van der Waals surface area contributed by atoms with Gasteiger partial charge in [-0.05, 0) is 49.4 Å². The molecular formula is C22H21FN6O3S. The number of fused-ring (bicyclic) bond motifs is 1. The summed E-state index contributed by atoms with van der Waals surface area (Å²) in [6.07, 6.45) is 7.86. The van der Waals surface area contributed by atoms with Gasteiger partial charge in [0, 0.05) is 24.0 Å². The minimum atomic E-state index is -3.67. The molecule has 11 heteroatoms. The van der Waals surface area contributed by atoms with Crippen LogP contribution in [0.25, 0.3) is 16.6 Å². The van der Waals surface area contributed by atoms with Crippen LogP contribution in [0, 0.1) is 5.82 Å². The summed E-state index contributed by atoms with van der Waals surface area (Å²) in [5.41, 5.74) is 2.09. The van der Waals surface area contributed by atoms with Gasteiger partial charge in [0.15, 0.2) is 0 Å². The minimum Gasteiger partial charge on any atom is -0.345 e. The summed E-state index contributed by atoms with van der Waals surface area (Å²) in [5, 5.41) is 7.83. The van der Waals surface area contributed by atoms with Gasteiger partial charge in [0.1, 0.15) is 10.7 Å². The molecule has 170 valence electrons. The lowest BCUT2D eigenvalue weighted by Crippen LogP contribution is -2.29. The van der Waals surface area contributed by atoms with Crippen LogP contribution in [0.1, 0.15) is 35.3 Å². The van der Waals surface area contributed by atoms with E-state index >= 15 is 0 Å². The normalized spacial score (nSPS) is 12.6. The van der Waals surface area contributed by atoms with E-state index in [1.165, 1.54) is 43.8 Å². The van der Waals surface area contributed by atoms with E-state index in [-0.39, 0.29) is 16.6 Å². The Morgan fingerprint density at radius 2 is 1.82 bits per heavy atom. The van der Waals surface area contributed by atoms with E-state index in [1.54, 1.807) is 29.2 Å². The van der Waals surface area contributed by atoms with Crippen molar-refractivity contribution in [2.75, 3.05) is 7.05 Å². The maximum Gasteiger partial charge on any atom is 0.254 e. The molecule has 3 heterocycles. The first-order chi connectivity index (χ1) is 15.8. The maximum atomic E-state index is 13.3. The molecule has 0 radical (unpaired) electrons. The quantitative estimate of drug-likeness (QED) is 0.431. The fourth-order valence-corrected chi connectivity index (χ4v) is 4.19. The highest BCUT2D eigenvalue weighted by molar-refractivity contribution is 7.89. The van der Waals surface area contributed by atoms with Crippen molar-refractivity contribution >= 4 is 26.8 Å². The number of halogens is 1. The number of pyridine rings is 2. The average molecular weight is 469 g/mol. The minimum absolute atomic E-state index is 0.0135. The molecule has 0 aliphatic carbocycles. The molecule has 0 aliphatic heterocycles. The molecule has 2 N–H and O–H groups in total. The molecular weight excluding hydrogens is 447 g/mol. The van der Waals surface area contributed by atoms with Crippen LogP contribution in [0.3, 0.4) is 0 Å². The second kappa shape index (κ2) is 9.04. The molecule has 1 unspecified atom stereocenters. The number of carbonyl (C=O) groups is 1. The SMILES string of the molecule is CCC(NC(=O)c1cncc2c1cnn2-c1ccc(F)cc1)c1cncc(S(=O)(=O)NC)c1. The highest BCUT2D eigenvalue weighted by Crippen LogP contribution is 2.23. The Morgan fingerprint density at radius 1 is 1.09 bits per heavy atom. The summed E-state index contributed by atoms with van der Waals surface area (Å²) >= 11 is 0. The van der Waals surface area contributed by atoms with Crippen LogP contribution in [0.5, 0.6) is 0 Å². The van der Waals surface area contributed by atoms with Gasteiger partial charge in [0.05, 0.1) is 35.2 Å². The van der Waals surface area contributed by atoms with Crippen molar-refractivity contribution in [3.63, 3.8) is 0 Å². The molecule has 4 aromatic rings. The van der Waals surface area contributed by atoms with Gasteiger partial charge >= 0.3 is 0 Å². The van der Waals surface area contributed by atoms with Crippen LogP contribution in [0.15, 0.2) is 66.2 Å². The molecule has 3 aromatic heterocycles. The fraction of sp³-hybridized carbons (Fsp3) is 0.182. The predicted octanol–water partition coefficient (Wildman–Crippen LogP) is 2.74. The summed E-state index contributed by atoms with van der Waals surface area (Å²) < 4.78 is 41.3. The van der Waals surface area contributed by atoms with Gasteiger partial charge in [-0.3, -0.25) is 14.8 Å². The van der Waals surface area contributed by atoms with Gasteiger partial charge in [-0.15, -0.1) is 0 Å². The van der Waals surface area contributed by atoms with Crippen molar-refractivity contribution < 1.29 is 17.6 Å². The first-order valence-corrected chi connectivity index (χ1v) is 11.6. The molecule has 1 amide bonds. The molecule has 0 bridgehead atoms. The average Bonchev–Trinajstić information content (AvgIpc) is 3.27. The summed E-state index contributed by atoms with van der Waals surface area (Å²) in [5.74, 6) is -0.749. The number of hydrogen-bond acceptors (Lipinski definition) is 6. The molecule has 9 nitrogen and oxygen atoms in total. The van der Waals surface area contributed by atoms with Crippen molar-refractivity contribution in [2.45, 2.75) is 24.3 Å². The third-order valence-corrected chi connectivity index (χ3v) is 6.62. The lowest BCUT2D eigenvalue weighted by Gasteiger charge is -2.18. The van der Waals surface area contributed by atoms with Gasteiger partial charge in [0.25, 0.3) is 5.91 Å². The smallest absolute Gasteiger partial charge is 0.254 e. The zero-order valence-electron chi connectivity index (χ0n) is 17.9. The van der Waals surface area contributed by atoms with E-state index < -0.39 is 16.1 Å². The van der Waals surface area contributed by atoms with E-state index in [2.05, 4.69) is 25.1 Å². The van der Waals surface area contributed by atoms with Crippen LogP contribution in [-0.2, 0) is 10.0 Å². The fourth-order valence-electron chi connectivity index (χ4n) is 3.46. The van der Waals surface area contributed by atoms with Crippen LogP contribution < -0.4 is 10.0 Å². The lowest BCUT2D eigenvalue weighted by atomic mass is 10.1. The number of rotatable bonds is 7. The zero-order chi connectivity index (χ0) is 23.6. The second-order valence-corrected chi connectivity index (χ2v) is 9.14. The highest BCUT2D eigenvalue weighted by atomic mass is 32.2. The molecule has 0 spiro atoms. The van der Waals surface area contributed by atoms with Crippen LogP contribution in [0.2, 0.25) is 0 Å². The third-order valence-electron chi connectivity index (χ3n) is 5.24. The monoisotopic (exact) mass is 468 g/mol. The van der Waals surface area contributed by atoms with E-state index in [0.29, 0.717) is 34.1 Å². The number of hydrogen-bond donors (Lipinski definition) is 2. The summed E-state index contributed by atoms with van der Waals surface area (Å²) in [7, 11) is -2.35. The first-order valence-electron chi connectivity index (χ1n) is 10.1. The van der Waals surface area contributed by atoms with E-state index in [4.69, 9.17) is 0 Å². The largest absolute Gasteiger partial charge is 0.345 e. The van der Waals surface area contributed by atoms with Crippen LogP contribution >= 0.6 is 0 Å². The van der Waals surface area contributed by atoms with Gasteiger partial charge in [-0.25, -0.2) is 22.2 Å². The number of carbonyl (C=O) groups excluding carboxylic acids is 1. The van der Waals surface area contributed by atoms with E-state index in [0.717, 1.165) is 0 Å². The lowest BCUT2D eigenvalue weighted by molar-refractivity contribution is 0.0937. The third kappa shape index (κ3) is 4.45. The first kappa shape index (κ1) is 22.5. The molecule has 1 aromatic carbocycles. The van der Waals surface area contributed by atoms with Gasteiger partial charge in [-0.1, -0.05) is 6.92 Å². The van der Waals surface area contributed by atoms with Gasteiger partial charge in [-0.2, -0.15) is 5.10 Å². The van der Waals surface area contributed by atoms with Crippen molar-refractivity contribution in [3.8, 4) is 5.69 Å². The van der Waals surface area contributed by atoms with Crippen LogP contribution in [-0.4, -0.2) is 41.1 Å². The Kier molecular flexibility index (Phi) is 6.16. The number of aromatic nitrogens is 4. The molecule has 4 rings (SSSR count). The number of nitrogens with one attached hydrogen (secondary N) is 2. The van der Waals surface area contributed by atoms with Gasteiger partial charge in [0.2, 0.25) is 10.0 Å². The highest BCUT2D eigenvalue weighted by Gasteiger charge is 2.21. The standard InChI is InChI=1S/C22H21FN6O3S/c1-3-20(14-8-17(10-25-9-14)33(31,32)24-2)28-22(30)19-11-26-13-21-18(19)12-27-29(21)16-6-4-15(23)5-7-16/h4-13,20,24H,3H2,1-2H3,(H,28,30). The Labute approximate surface area is 189 Å². The van der Waals surface area contributed by atoms with Crippen molar-refractivity contribution in [1.29, 1.82) is 0 Å². The molecule has 0 fully saturated rings. The van der Waals surface area contributed by atoms with Gasteiger partial charge < -0.3 is 5.32 Å². The zero-order valence-corrected chi connectivity index (χ0v) is 18.7. The number of amides is 1. The van der Waals surface area contributed by atoms with Crippen LogP contribution in [0.4, 0.5) is 4.39 Å². The molecule has 0 saturated heterocycles. The second-order valence-electron chi connectivity index (χ2n) is 7.25. The van der Waals surface area contributed by atoms with E-state index in [1.807, 2.05) is 6.92 Å². The Hall–Kier alpha value is -3.70. The molecule has 0 saturated carbocycles. The Balaban J connectivity index is 1.65. The molecule has 33 heavy (non-hydrogen) atoms. The summed E-state index contributed by atoms with van der Waals surface area (Å²) in [4.78, 5) is 21.3. The van der Waals surface area contributed by atoms with Crippen molar-refractivity contribution in [2.24, 2.45) is 0 Å². The molecule has 1 atom stereocenters. The number of benzene rings is 1. The molecule has 0 aliphatic rings. The van der Waals surface area contributed by atoms with E-state index in [9.17, 15) is 17.6 Å². The topological polar surface area (TPSA) is 119 Å². The Bertz CT molecular complexity index is 1420. The van der Waals surface area contributed by atoms with Crippen molar-refractivity contribution in [3.05, 3.63) is 78.3 Å². The number of sulfonamides is 1. The Morgan fingerprint density at radius 3 is 2.52 bits per heavy atom. The summed E-state index contributed by atoms with van der Waals surface area (Å²) in [6.45, 7) is 1.87. The summed E-state index contributed by atoms with van der Waals surface area (Å²) in [6, 6.07) is 6.84. The maximum absolute atomic E-state index is 13.3. The van der Waals surface area contributed by atoms with Crippen molar-refractivity contribution in [1.82, 2.24) is 29.8 Å². The predicted molar refractivity (Wildman–Crippen MR) is 120 cm³/mol. The number of nitrogens with zero attached hydrogens (tertiary/aromatic N) is 4.